The molecular formula is C13H17N3O3. The number of hydrogen-bond acceptors (Lipinski definition) is 4. The Morgan fingerprint density at radius 1 is 1.26 bits per heavy atom. The number of para-hydroxylation sites is 1. The van der Waals surface area contributed by atoms with Gasteiger partial charge in [-0.2, -0.15) is 0 Å². The van der Waals surface area contributed by atoms with E-state index in [9.17, 15) is 4.79 Å². The van der Waals surface area contributed by atoms with Gasteiger partial charge in [-0.1, -0.05) is 12.1 Å². The smallest absolute Gasteiger partial charge is 0.270 e. The van der Waals surface area contributed by atoms with Crippen LogP contribution in [-0.2, 0) is 0 Å². The number of amides is 1. The highest BCUT2D eigenvalue weighted by Crippen LogP contribution is 2.21. The van der Waals surface area contributed by atoms with Gasteiger partial charge in [-0.05, 0) is 12.1 Å². The number of aromatic nitrogens is 1. The second-order valence-corrected chi connectivity index (χ2v) is 4.23. The number of aromatic amines is 1. The Labute approximate surface area is 110 Å². The maximum absolute atomic E-state index is 12.2. The first kappa shape index (κ1) is 13.4. The molecule has 0 saturated heterocycles. The summed E-state index contributed by atoms with van der Waals surface area (Å²) >= 11 is 0. The zero-order valence-corrected chi connectivity index (χ0v) is 10.5. The second kappa shape index (κ2) is 5.73. The summed E-state index contributed by atoms with van der Waals surface area (Å²) in [6, 6.07) is 7.16. The highest BCUT2D eigenvalue weighted by Gasteiger charge is 2.17. The minimum atomic E-state index is -0.265. The van der Waals surface area contributed by atoms with Crippen molar-refractivity contribution in [3.63, 3.8) is 0 Å². The molecule has 0 aliphatic carbocycles. The van der Waals surface area contributed by atoms with Crippen molar-refractivity contribution >= 4 is 22.5 Å². The fourth-order valence-corrected chi connectivity index (χ4v) is 2.02. The van der Waals surface area contributed by atoms with Gasteiger partial charge in [0.15, 0.2) is 0 Å². The monoisotopic (exact) mass is 263 g/mol. The number of fused-ring (bicyclic) bond motifs is 1. The van der Waals surface area contributed by atoms with Crippen LogP contribution in [0.1, 0.15) is 10.5 Å². The number of carbonyl (C=O) groups excluding carboxylic acids is 1. The van der Waals surface area contributed by atoms with Crippen LogP contribution in [0.2, 0.25) is 0 Å². The van der Waals surface area contributed by atoms with E-state index in [1.807, 2.05) is 12.1 Å². The highest BCUT2D eigenvalue weighted by atomic mass is 16.3. The molecule has 1 amide bonds. The van der Waals surface area contributed by atoms with Crippen LogP contribution in [0.15, 0.2) is 24.3 Å². The van der Waals surface area contributed by atoms with Crippen LogP contribution in [-0.4, -0.2) is 52.3 Å². The summed E-state index contributed by atoms with van der Waals surface area (Å²) in [5.41, 5.74) is 7.52. The number of H-pyrrole nitrogens is 1. The molecule has 1 heterocycles. The van der Waals surface area contributed by atoms with Gasteiger partial charge in [0.25, 0.3) is 5.91 Å². The van der Waals surface area contributed by atoms with Crippen LogP contribution < -0.4 is 5.73 Å². The standard InChI is InChI=1S/C13H17N3O3/c14-10-3-1-2-9-8-11(15-12(9)10)13(19)16(4-6-17)5-7-18/h1-3,8,15,17-18H,4-7,14H2. The highest BCUT2D eigenvalue weighted by molar-refractivity contribution is 6.00. The molecule has 6 nitrogen and oxygen atoms in total. The normalized spacial score (nSPS) is 10.8. The number of carbonyl (C=O) groups is 1. The number of benzene rings is 1. The van der Waals surface area contributed by atoms with E-state index in [1.165, 1.54) is 4.90 Å². The van der Waals surface area contributed by atoms with Crippen molar-refractivity contribution in [1.29, 1.82) is 0 Å². The number of nitrogen functional groups attached to an aromatic ring is 1. The minimum Gasteiger partial charge on any atom is -0.397 e. The lowest BCUT2D eigenvalue weighted by Gasteiger charge is -2.19. The predicted octanol–water partition coefficient (Wildman–Crippen LogP) is 0.177. The molecule has 2 aromatic rings. The lowest BCUT2D eigenvalue weighted by Crippen LogP contribution is -2.36. The third-order valence-electron chi connectivity index (χ3n) is 2.95. The van der Waals surface area contributed by atoms with E-state index >= 15 is 0 Å². The van der Waals surface area contributed by atoms with Crippen molar-refractivity contribution in [1.82, 2.24) is 9.88 Å². The van der Waals surface area contributed by atoms with Gasteiger partial charge in [-0.15, -0.1) is 0 Å². The van der Waals surface area contributed by atoms with Crippen LogP contribution in [0.3, 0.4) is 0 Å². The number of rotatable bonds is 5. The second-order valence-electron chi connectivity index (χ2n) is 4.23. The van der Waals surface area contributed by atoms with E-state index in [-0.39, 0.29) is 32.2 Å². The molecule has 0 spiro atoms. The number of aliphatic hydroxyl groups is 2. The topological polar surface area (TPSA) is 103 Å². The molecule has 1 aromatic heterocycles. The largest absolute Gasteiger partial charge is 0.397 e. The maximum atomic E-state index is 12.2. The number of hydrogen-bond donors (Lipinski definition) is 4. The lowest BCUT2D eigenvalue weighted by atomic mass is 10.2. The molecule has 0 saturated carbocycles. The quantitative estimate of drug-likeness (QED) is 0.578. The summed E-state index contributed by atoms with van der Waals surface area (Å²) < 4.78 is 0. The van der Waals surface area contributed by atoms with Crippen LogP contribution in [0.25, 0.3) is 10.9 Å². The minimum absolute atomic E-state index is 0.145. The van der Waals surface area contributed by atoms with Gasteiger partial charge in [0.05, 0.1) is 24.4 Å². The van der Waals surface area contributed by atoms with Crippen LogP contribution >= 0.6 is 0 Å². The summed E-state index contributed by atoms with van der Waals surface area (Å²) in [7, 11) is 0. The number of nitrogens with one attached hydrogen (secondary N) is 1. The van der Waals surface area contributed by atoms with E-state index in [2.05, 4.69) is 4.98 Å². The molecule has 0 bridgehead atoms. The molecule has 0 radical (unpaired) electrons. The summed E-state index contributed by atoms with van der Waals surface area (Å²) in [5, 5.41) is 18.7. The zero-order valence-electron chi connectivity index (χ0n) is 10.5. The van der Waals surface area contributed by atoms with Gasteiger partial charge in [0, 0.05) is 18.5 Å². The Morgan fingerprint density at radius 3 is 2.53 bits per heavy atom. The predicted molar refractivity (Wildman–Crippen MR) is 72.8 cm³/mol. The van der Waals surface area contributed by atoms with Crippen LogP contribution in [0.5, 0.6) is 0 Å². The first-order valence-corrected chi connectivity index (χ1v) is 6.05. The van der Waals surface area contributed by atoms with Crippen molar-refractivity contribution in [2.24, 2.45) is 0 Å². The Morgan fingerprint density at radius 2 is 1.95 bits per heavy atom. The Balaban J connectivity index is 2.32. The average Bonchev–Trinajstić information content (AvgIpc) is 2.83. The van der Waals surface area contributed by atoms with Crippen LogP contribution in [0, 0.1) is 0 Å². The van der Waals surface area contributed by atoms with Gasteiger partial charge in [0.2, 0.25) is 0 Å². The Bertz CT molecular complexity index is 574. The van der Waals surface area contributed by atoms with Crippen molar-refractivity contribution < 1.29 is 15.0 Å². The van der Waals surface area contributed by atoms with Gasteiger partial charge in [0.1, 0.15) is 5.69 Å². The molecule has 0 atom stereocenters. The third-order valence-corrected chi connectivity index (χ3v) is 2.95. The molecule has 6 heteroatoms. The molecule has 1 aromatic carbocycles. The fourth-order valence-electron chi connectivity index (χ4n) is 2.02. The van der Waals surface area contributed by atoms with Gasteiger partial charge in [-0.25, -0.2) is 0 Å². The molecule has 19 heavy (non-hydrogen) atoms. The van der Waals surface area contributed by atoms with Crippen LogP contribution in [0.4, 0.5) is 5.69 Å². The molecule has 0 aliphatic heterocycles. The van der Waals surface area contributed by atoms with Gasteiger partial charge >= 0.3 is 0 Å². The van der Waals surface area contributed by atoms with E-state index < -0.39 is 0 Å². The molecule has 2 rings (SSSR count). The fraction of sp³-hybridized carbons (Fsp3) is 0.308. The van der Waals surface area contributed by atoms with Crippen molar-refractivity contribution in [2.45, 2.75) is 0 Å². The van der Waals surface area contributed by atoms with E-state index in [0.29, 0.717) is 11.4 Å². The van der Waals surface area contributed by atoms with Gasteiger partial charge in [-0.3, -0.25) is 4.79 Å². The number of nitrogens with zero attached hydrogens (tertiary/aromatic N) is 1. The number of nitrogens with two attached hydrogens (primary N) is 1. The summed E-state index contributed by atoms with van der Waals surface area (Å²) in [5.74, 6) is -0.265. The molecule has 0 fully saturated rings. The summed E-state index contributed by atoms with van der Waals surface area (Å²) in [6.45, 7) is 0.0801. The molecular weight excluding hydrogens is 246 g/mol. The summed E-state index contributed by atoms with van der Waals surface area (Å²) in [6.07, 6.45) is 0. The molecule has 5 N–H and O–H groups in total. The van der Waals surface area contributed by atoms with E-state index in [1.54, 1.807) is 12.1 Å². The average molecular weight is 263 g/mol. The molecule has 0 aliphatic rings. The first-order valence-electron chi connectivity index (χ1n) is 6.05. The Kier molecular flexibility index (Phi) is 4.03. The first-order chi connectivity index (χ1) is 9.17. The van der Waals surface area contributed by atoms with Crippen molar-refractivity contribution in [3.05, 3.63) is 30.0 Å². The van der Waals surface area contributed by atoms with Crippen molar-refractivity contribution in [3.8, 4) is 0 Å². The van der Waals surface area contributed by atoms with Crippen molar-refractivity contribution in [2.75, 3.05) is 32.0 Å². The number of aliphatic hydroxyl groups excluding tert-OH is 2. The zero-order chi connectivity index (χ0) is 13.8. The third kappa shape index (κ3) is 2.69. The maximum Gasteiger partial charge on any atom is 0.270 e. The van der Waals surface area contributed by atoms with Gasteiger partial charge < -0.3 is 25.8 Å². The molecule has 0 unspecified atom stereocenters. The molecule has 102 valence electrons. The Hall–Kier alpha value is -2.05. The van der Waals surface area contributed by atoms with E-state index in [4.69, 9.17) is 15.9 Å². The SMILES string of the molecule is Nc1cccc2cc(C(=O)N(CCO)CCO)[nH]c12. The lowest BCUT2D eigenvalue weighted by molar-refractivity contribution is 0.0680. The summed E-state index contributed by atoms with van der Waals surface area (Å²) in [4.78, 5) is 16.6. The number of anilines is 1. The van der Waals surface area contributed by atoms with E-state index in [0.717, 1.165) is 10.9 Å².